The summed E-state index contributed by atoms with van der Waals surface area (Å²) in [5, 5.41) is 2.95. The third kappa shape index (κ3) is 1.96. The Kier molecular flexibility index (Phi) is 2.45. The number of hydrogen-bond donors (Lipinski definition) is 1. The highest BCUT2D eigenvalue weighted by Gasteiger charge is 2.49. The Morgan fingerprint density at radius 1 is 1.16 bits per heavy atom. The number of carbonyl (C=O) groups is 2. The molecule has 2 atom stereocenters. The maximum atomic E-state index is 12.5. The second kappa shape index (κ2) is 3.97. The van der Waals surface area contributed by atoms with Gasteiger partial charge in [-0.2, -0.15) is 0 Å². The fraction of sp³-hybridized carbons (Fsp3) is 0.867. The van der Waals surface area contributed by atoms with Crippen LogP contribution in [0.3, 0.4) is 0 Å². The van der Waals surface area contributed by atoms with Gasteiger partial charge in [-0.25, -0.2) is 0 Å². The van der Waals surface area contributed by atoms with E-state index < -0.39 is 0 Å². The molecule has 4 nitrogen and oxygen atoms in total. The van der Waals surface area contributed by atoms with E-state index in [2.05, 4.69) is 10.2 Å². The van der Waals surface area contributed by atoms with Crippen molar-refractivity contribution in [2.75, 3.05) is 19.6 Å². The first-order chi connectivity index (χ1) is 9.15. The third-order valence-electron chi connectivity index (χ3n) is 5.92. The molecule has 0 aromatic rings. The molecule has 2 heterocycles. The van der Waals surface area contributed by atoms with E-state index in [0.29, 0.717) is 18.2 Å². The van der Waals surface area contributed by atoms with Crippen molar-refractivity contribution >= 4 is 11.8 Å². The van der Waals surface area contributed by atoms with Gasteiger partial charge in [0.15, 0.2) is 0 Å². The number of carbonyl (C=O) groups excluding carboxylic acids is 2. The molecule has 2 unspecified atom stereocenters. The normalized spacial score (nSPS) is 39.3. The molecule has 1 spiro atoms. The number of hydrogen-bond acceptors (Lipinski definition) is 2. The van der Waals surface area contributed by atoms with Gasteiger partial charge in [0, 0.05) is 32.0 Å². The van der Waals surface area contributed by atoms with Crippen molar-refractivity contribution in [3.63, 3.8) is 0 Å². The first-order valence-electron chi connectivity index (χ1n) is 7.71. The Hall–Kier alpha value is -1.06. The molecule has 4 rings (SSSR count). The average molecular weight is 262 g/mol. The summed E-state index contributed by atoms with van der Waals surface area (Å²) in [5.41, 5.74) is 0.158. The molecule has 19 heavy (non-hydrogen) atoms. The molecule has 4 aliphatic rings. The molecular formula is C15H22N2O2. The molecule has 0 bridgehead atoms. The van der Waals surface area contributed by atoms with Crippen LogP contribution < -0.4 is 5.32 Å². The van der Waals surface area contributed by atoms with Crippen LogP contribution in [0.4, 0.5) is 0 Å². The molecule has 4 fully saturated rings. The maximum absolute atomic E-state index is 12.5. The van der Waals surface area contributed by atoms with E-state index in [-0.39, 0.29) is 11.3 Å². The van der Waals surface area contributed by atoms with Gasteiger partial charge in [-0.1, -0.05) is 0 Å². The number of piperidine rings is 1. The van der Waals surface area contributed by atoms with Crippen LogP contribution in [0.1, 0.15) is 38.5 Å². The lowest BCUT2D eigenvalue weighted by atomic mass is 9.77. The number of rotatable bonds is 1. The molecule has 2 amide bonds. The van der Waals surface area contributed by atoms with Gasteiger partial charge >= 0.3 is 0 Å². The molecule has 0 aromatic carbocycles. The van der Waals surface area contributed by atoms with E-state index >= 15 is 0 Å². The molecular weight excluding hydrogens is 240 g/mol. The molecule has 0 radical (unpaired) electrons. The third-order valence-corrected chi connectivity index (χ3v) is 5.92. The number of nitrogens with zero attached hydrogens (tertiary/aromatic N) is 1. The van der Waals surface area contributed by atoms with Crippen molar-refractivity contribution in [2.45, 2.75) is 38.5 Å². The average Bonchev–Trinajstić information content (AvgIpc) is 2.86. The van der Waals surface area contributed by atoms with Crippen LogP contribution in [0.5, 0.6) is 0 Å². The standard InChI is InChI=1S/C15H22N2O2/c18-13-8-15(9-16-13)1-3-17(4-2-15)14(19)12-6-10-5-11(10)7-12/h10-12H,1-9H2,(H,16,18). The maximum Gasteiger partial charge on any atom is 0.225 e. The van der Waals surface area contributed by atoms with Crippen LogP contribution >= 0.6 is 0 Å². The zero-order valence-electron chi connectivity index (χ0n) is 11.4. The van der Waals surface area contributed by atoms with Gasteiger partial charge in [0.25, 0.3) is 0 Å². The molecule has 0 aromatic heterocycles. The number of fused-ring (bicyclic) bond motifs is 1. The van der Waals surface area contributed by atoms with E-state index in [1.807, 2.05) is 0 Å². The number of amides is 2. The lowest BCUT2D eigenvalue weighted by molar-refractivity contribution is -0.137. The molecule has 4 heteroatoms. The van der Waals surface area contributed by atoms with Crippen LogP contribution in [0.25, 0.3) is 0 Å². The van der Waals surface area contributed by atoms with Crippen molar-refractivity contribution < 1.29 is 9.59 Å². The van der Waals surface area contributed by atoms with E-state index in [1.54, 1.807) is 0 Å². The summed E-state index contributed by atoms with van der Waals surface area (Å²) < 4.78 is 0. The smallest absolute Gasteiger partial charge is 0.225 e. The summed E-state index contributed by atoms with van der Waals surface area (Å²) >= 11 is 0. The van der Waals surface area contributed by atoms with Crippen LogP contribution in [0, 0.1) is 23.2 Å². The van der Waals surface area contributed by atoms with Crippen molar-refractivity contribution in [3.8, 4) is 0 Å². The van der Waals surface area contributed by atoms with Gasteiger partial charge in [0.05, 0.1) is 0 Å². The van der Waals surface area contributed by atoms with Crippen LogP contribution in [-0.4, -0.2) is 36.3 Å². The predicted octanol–water partition coefficient (Wildman–Crippen LogP) is 1.16. The van der Waals surface area contributed by atoms with Gasteiger partial charge in [0.2, 0.25) is 11.8 Å². The minimum absolute atomic E-state index is 0.158. The highest BCUT2D eigenvalue weighted by molar-refractivity contribution is 5.80. The van der Waals surface area contributed by atoms with Crippen LogP contribution in [0.15, 0.2) is 0 Å². The Bertz CT molecular complexity index is 416. The van der Waals surface area contributed by atoms with Gasteiger partial charge in [-0.3, -0.25) is 9.59 Å². The molecule has 2 aliphatic heterocycles. The van der Waals surface area contributed by atoms with E-state index in [0.717, 1.165) is 57.2 Å². The van der Waals surface area contributed by atoms with Crippen molar-refractivity contribution in [3.05, 3.63) is 0 Å². The fourth-order valence-corrected chi connectivity index (χ4v) is 4.48. The summed E-state index contributed by atoms with van der Waals surface area (Å²) in [6, 6.07) is 0. The fourth-order valence-electron chi connectivity index (χ4n) is 4.48. The van der Waals surface area contributed by atoms with Crippen LogP contribution in [-0.2, 0) is 9.59 Å². The topological polar surface area (TPSA) is 49.4 Å². The highest BCUT2D eigenvalue weighted by Crippen LogP contribution is 2.54. The molecule has 2 saturated heterocycles. The van der Waals surface area contributed by atoms with Crippen molar-refractivity contribution in [1.82, 2.24) is 10.2 Å². The van der Waals surface area contributed by atoms with Gasteiger partial charge in [0.1, 0.15) is 0 Å². The molecule has 2 aliphatic carbocycles. The largest absolute Gasteiger partial charge is 0.356 e. The summed E-state index contributed by atoms with van der Waals surface area (Å²) in [5.74, 6) is 2.67. The summed E-state index contributed by atoms with van der Waals surface area (Å²) in [6.45, 7) is 2.54. The number of likely N-dealkylation sites (tertiary alicyclic amines) is 1. The summed E-state index contributed by atoms with van der Waals surface area (Å²) in [6.07, 6.45) is 6.33. The van der Waals surface area contributed by atoms with E-state index in [1.165, 1.54) is 6.42 Å². The zero-order chi connectivity index (χ0) is 13.0. The second-order valence-corrected chi connectivity index (χ2v) is 7.20. The molecule has 2 saturated carbocycles. The Morgan fingerprint density at radius 3 is 2.42 bits per heavy atom. The Morgan fingerprint density at radius 2 is 1.84 bits per heavy atom. The Balaban J connectivity index is 1.35. The molecule has 1 N–H and O–H groups in total. The first-order valence-corrected chi connectivity index (χ1v) is 7.71. The van der Waals surface area contributed by atoms with E-state index in [9.17, 15) is 9.59 Å². The van der Waals surface area contributed by atoms with Crippen LogP contribution in [0.2, 0.25) is 0 Å². The summed E-state index contributed by atoms with van der Waals surface area (Å²) in [4.78, 5) is 25.9. The zero-order valence-corrected chi connectivity index (χ0v) is 11.4. The highest BCUT2D eigenvalue weighted by atomic mass is 16.2. The number of nitrogens with one attached hydrogen (secondary N) is 1. The molecule has 104 valence electrons. The lowest BCUT2D eigenvalue weighted by Gasteiger charge is -2.39. The quantitative estimate of drug-likeness (QED) is 0.771. The predicted molar refractivity (Wildman–Crippen MR) is 70.2 cm³/mol. The van der Waals surface area contributed by atoms with Crippen molar-refractivity contribution in [1.29, 1.82) is 0 Å². The van der Waals surface area contributed by atoms with Gasteiger partial charge in [-0.05, 0) is 49.4 Å². The van der Waals surface area contributed by atoms with Gasteiger partial charge < -0.3 is 10.2 Å². The van der Waals surface area contributed by atoms with Gasteiger partial charge in [-0.15, -0.1) is 0 Å². The van der Waals surface area contributed by atoms with E-state index in [4.69, 9.17) is 0 Å². The minimum atomic E-state index is 0.158. The minimum Gasteiger partial charge on any atom is -0.356 e. The SMILES string of the molecule is O=C1CC2(CCN(C(=O)C3CC4CC4C3)CC2)CN1. The summed E-state index contributed by atoms with van der Waals surface area (Å²) in [7, 11) is 0. The first kappa shape index (κ1) is 11.7. The van der Waals surface area contributed by atoms with Crippen molar-refractivity contribution in [2.24, 2.45) is 23.2 Å². The monoisotopic (exact) mass is 262 g/mol. The lowest BCUT2D eigenvalue weighted by Crippen LogP contribution is -2.46. The second-order valence-electron chi connectivity index (χ2n) is 7.20. The Labute approximate surface area is 113 Å².